The average molecular weight is 339 g/mol. The van der Waals surface area contributed by atoms with Crippen molar-refractivity contribution in [1.29, 1.82) is 0 Å². The van der Waals surface area contributed by atoms with Gasteiger partial charge in [0.2, 0.25) is 15.9 Å². The van der Waals surface area contributed by atoms with E-state index >= 15 is 0 Å². The number of halogens is 2. The molecule has 20 heavy (non-hydrogen) atoms. The summed E-state index contributed by atoms with van der Waals surface area (Å²) in [5.41, 5.74) is 0.394. The highest BCUT2D eigenvalue weighted by Gasteiger charge is 2.19. The molecule has 0 atom stereocenters. The molecule has 0 fully saturated rings. The maximum Gasteiger partial charge on any atom is 0.239 e. The van der Waals surface area contributed by atoms with E-state index in [0.717, 1.165) is 10.6 Å². The van der Waals surface area contributed by atoms with E-state index in [2.05, 4.69) is 5.32 Å². The van der Waals surface area contributed by atoms with Crippen molar-refractivity contribution in [2.75, 3.05) is 24.7 Å². The lowest BCUT2D eigenvalue weighted by molar-refractivity contribution is -0.116. The molecular formula is C12H16Cl2N2O3S. The summed E-state index contributed by atoms with van der Waals surface area (Å²) in [6.07, 6.45) is 1.70. The van der Waals surface area contributed by atoms with Crippen molar-refractivity contribution < 1.29 is 13.2 Å². The molecule has 0 saturated heterocycles. The van der Waals surface area contributed by atoms with Crippen molar-refractivity contribution in [3.05, 3.63) is 28.2 Å². The Hall–Kier alpha value is -0.820. The monoisotopic (exact) mass is 338 g/mol. The van der Waals surface area contributed by atoms with Gasteiger partial charge in [-0.3, -0.25) is 4.79 Å². The van der Waals surface area contributed by atoms with E-state index in [1.165, 1.54) is 6.07 Å². The van der Waals surface area contributed by atoms with Crippen LogP contribution in [0, 0.1) is 0 Å². The first-order valence-electron chi connectivity index (χ1n) is 5.94. The number of anilines is 1. The first-order valence-corrected chi connectivity index (χ1v) is 8.54. The Morgan fingerprint density at radius 3 is 2.50 bits per heavy atom. The van der Waals surface area contributed by atoms with Gasteiger partial charge in [0, 0.05) is 11.6 Å². The fourth-order valence-electron chi connectivity index (χ4n) is 1.55. The third kappa shape index (κ3) is 5.28. The summed E-state index contributed by atoms with van der Waals surface area (Å²) in [4.78, 5) is 11.9. The van der Waals surface area contributed by atoms with E-state index < -0.39 is 15.9 Å². The summed E-state index contributed by atoms with van der Waals surface area (Å²) in [5.74, 6) is -0.451. The number of nitrogens with one attached hydrogen (secondary N) is 1. The van der Waals surface area contributed by atoms with Crippen molar-refractivity contribution >= 4 is 44.8 Å². The van der Waals surface area contributed by atoms with E-state index in [1.54, 1.807) is 12.1 Å². The highest BCUT2D eigenvalue weighted by atomic mass is 35.5. The zero-order valence-corrected chi connectivity index (χ0v) is 13.5. The topological polar surface area (TPSA) is 66.5 Å². The lowest BCUT2D eigenvalue weighted by Crippen LogP contribution is -2.37. The molecule has 0 heterocycles. The molecular weight excluding hydrogens is 323 g/mol. The van der Waals surface area contributed by atoms with Crippen LogP contribution in [-0.4, -0.2) is 38.0 Å². The molecule has 0 aromatic heterocycles. The van der Waals surface area contributed by atoms with E-state index in [0.29, 0.717) is 28.7 Å². The summed E-state index contributed by atoms with van der Waals surface area (Å²) in [6.45, 7) is 1.89. The zero-order valence-electron chi connectivity index (χ0n) is 11.2. The van der Waals surface area contributed by atoms with Gasteiger partial charge in [0.15, 0.2) is 0 Å². The van der Waals surface area contributed by atoms with Crippen LogP contribution < -0.4 is 5.32 Å². The van der Waals surface area contributed by atoms with E-state index in [9.17, 15) is 13.2 Å². The van der Waals surface area contributed by atoms with Gasteiger partial charge in [-0.15, -0.1) is 0 Å². The Balaban J connectivity index is 2.75. The van der Waals surface area contributed by atoms with E-state index in [4.69, 9.17) is 23.2 Å². The van der Waals surface area contributed by atoms with E-state index in [1.807, 2.05) is 6.92 Å². The minimum absolute atomic E-state index is 0.244. The van der Waals surface area contributed by atoms with Gasteiger partial charge in [-0.1, -0.05) is 30.1 Å². The minimum Gasteiger partial charge on any atom is -0.324 e. The highest BCUT2D eigenvalue weighted by Crippen LogP contribution is 2.25. The van der Waals surface area contributed by atoms with Crippen molar-refractivity contribution in [1.82, 2.24) is 4.31 Å². The normalized spacial score (nSPS) is 11.7. The summed E-state index contributed by atoms with van der Waals surface area (Å²) >= 11 is 11.7. The molecule has 0 aliphatic rings. The third-order valence-electron chi connectivity index (χ3n) is 2.47. The Morgan fingerprint density at radius 1 is 1.35 bits per heavy atom. The molecule has 8 heteroatoms. The minimum atomic E-state index is -3.41. The molecule has 1 aromatic carbocycles. The number of carbonyl (C=O) groups is 1. The van der Waals surface area contributed by atoms with Crippen molar-refractivity contribution in [3.8, 4) is 0 Å². The summed E-state index contributed by atoms with van der Waals surface area (Å²) < 4.78 is 24.2. The number of carbonyl (C=O) groups excluding carboxylic acids is 1. The maximum absolute atomic E-state index is 11.9. The number of benzene rings is 1. The molecule has 0 unspecified atom stereocenters. The molecule has 0 bridgehead atoms. The second-order valence-corrected chi connectivity index (χ2v) is 7.09. The quantitative estimate of drug-likeness (QED) is 0.866. The van der Waals surface area contributed by atoms with Crippen LogP contribution in [0.25, 0.3) is 0 Å². The molecule has 1 rings (SSSR count). The molecule has 1 amide bonds. The maximum atomic E-state index is 11.9. The van der Waals surface area contributed by atoms with Gasteiger partial charge < -0.3 is 5.32 Å². The molecule has 0 radical (unpaired) electrons. The van der Waals surface area contributed by atoms with Crippen molar-refractivity contribution in [3.63, 3.8) is 0 Å². The Morgan fingerprint density at radius 2 is 2.00 bits per heavy atom. The largest absolute Gasteiger partial charge is 0.324 e. The average Bonchev–Trinajstić information content (AvgIpc) is 2.31. The van der Waals surface area contributed by atoms with Gasteiger partial charge >= 0.3 is 0 Å². The second-order valence-electron chi connectivity index (χ2n) is 4.27. The van der Waals surface area contributed by atoms with Gasteiger partial charge in [-0.2, -0.15) is 4.31 Å². The summed E-state index contributed by atoms with van der Waals surface area (Å²) in [5, 5.41) is 3.32. The van der Waals surface area contributed by atoms with Crippen LogP contribution in [0.15, 0.2) is 18.2 Å². The lowest BCUT2D eigenvalue weighted by atomic mass is 10.3. The second kappa shape index (κ2) is 7.26. The molecule has 0 aliphatic heterocycles. The molecule has 1 N–H and O–H groups in total. The van der Waals surface area contributed by atoms with Gasteiger partial charge in [-0.25, -0.2) is 8.42 Å². The Kier molecular flexibility index (Phi) is 6.26. The SMILES string of the molecule is CCCN(CC(=O)Nc1ccc(Cl)cc1Cl)S(C)(=O)=O. The fraction of sp³-hybridized carbons (Fsp3) is 0.417. The number of hydrogen-bond acceptors (Lipinski definition) is 3. The molecule has 0 spiro atoms. The number of hydrogen-bond donors (Lipinski definition) is 1. The Labute approximate surface area is 128 Å². The van der Waals surface area contributed by atoms with Crippen LogP contribution in [0.3, 0.4) is 0 Å². The number of sulfonamides is 1. The number of amides is 1. The van der Waals surface area contributed by atoms with Gasteiger partial charge in [-0.05, 0) is 24.6 Å². The van der Waals surface area contributed by atoms with Crippen LogP contribution in [0.4, 0.5) is 5.69 Å². The van der Waals surface area contributed by atoms with Crippen LogP contribution in [0.2, 0.25) is 10.0 Å². The van der Waals surface area contributed by atoms with Crippen molar-refractivity contribution in [2.24, 2.45) is 0 Å². The van der Waals surface area contributed by atoms with E-state index in [-0.39, 0.29) is 6.54 Å². The lowest BCUT2D eigenvalue weighted by Gasteiger charge is -2.18. The standard InChI is InChI=1S/C12H16Cl2N2O3S/c1-3-6-16(20(2,18)19)8-12(17)15-11-5-4-9(13)7-10(11)14/h4-5,7H,3,6,8H2,1-2H3,(H,15,17). The number of rotatable bonds is 6. The van der Waals surface area contributed by atoms with Crippen LogP contribution in [-0.2, 0) is 14.8 Å². The Bertz CT molecular complexity index is 590. The molecule has 0 saturated carbocycles. The van der Waals surface area contributed by atoms with Crippen LogP contribution in [0.5, 0.6) is 0 Å². The molecule has 5 nitrogen and oxygen atoms in total. The van der Waals surface area contributed by atoms with Gasteiger partial charge in [0.25, 0.3) is 0 Å². The van der Waals surface area contributed by atoms with Crippen LogP contribution in [0.1, 0.15) is 13.3 Å². The zero-order chi connectivity index (χ0) is 15.3. The number of nitrogens with zero attached hydrogens (tertiary/aromatic N) is 1. The molecule has 0 aliphatic carbocycles. The first-order chi connectivity index (χ1) is 9.24. The summed E-state index contributed by atoms with van der Waals surface area (Å²) in [7, 11) is -3.41. The smallest absolute Gasteiger partial charge is 0.239 e. The first kappa shape index (κ1) is 17.2. The predicted molar refractivity (Wildman–Crippen MR) is 81.8 cm³/mol. The summed E-state index contributed by atoms with van der Waals surface area (Å²) in [6, 6.07) is 4.65. The van der Waals surface area contributed by atoms with Crippen molar-refractivity contribution in [2.45, 2.75) is 13.3 Å². The third-order valence-corrected chi connectivity index (χ3v) is 4.26. The van der Waals surface area contributed by atoms with Gasteiger partial charge in [0.05, 0.1) is 23.5 Å². The predicted octanol–water partition coefficient (Wildman–Crippen LogP) is 2.60. The molecule has 1 aromatic rings. The fourth-order valence-corrected chi connectivity index (χ4v) is 2.87. The van der Waals surface area contributed by atoms with Gasteiger partial charge in [0.1, 0.15) is 0 Å². The molecule has 112 valence electrons. The highest BCUT2D eigenvalue weighted by molar-refractivity contribution is 7.88. The van der Waals surface area contributed by atoms with Crippen LogP contribution >= 0.6 is 23.2 Å².